The molecule has 0 unspecified atom stereocenters. The Kier molecular flexibility index (Phi) is 40.8. The molecule has 598 valence electrons. The van der Waals surface area contributed by atoms with Gasteiger partial charge in [-0.1, -0.05) is 135 Å². The highest BCUT2D eigenvalue weighted by Gasteiger charge is 2.47. The molecule has 7 atom stereocenters. The minimum atomic E-state index is -1.80. The summed E-state index contributed by atoms with van der Waals surface area (Å²) in [4.78, 5) is 82.5. The van der Waals surface area contributed by atoms with E-state index in [1.54, 1.807) is 12.2 Å². The lowest BCUT2D eigenvalue weighted by Gasteiger charge is -2.40. The number of nitrogens with one attached hydrogen (secondary N) is 4. The van der Waals surface area contributed by atoms with E-state index in [9.17, 15) is 49.2 Å². The van der Waals surface area contributed by atoms with Crippen molar-refractivity contribution in [2.24, 2.45) is 37.9 Å². The van der Waals surface area contributed by atoms with Crippen molar-refractivity contribution in [3.05, 3.63) is 85.5 Å². The van der Waals surface area contributed by atoms with Crippen molar-refractivity contribution < 1.29 is 58.0 Å². The van der Waals surface area contributed by atoms with Gasteiger partial charge >= 0.3 is 0 Å². The first kappa shape index (κ1) is 97.8. The van der Waals surface area contributed by atoms with Crippen molar-refractivity contribution in [2.45, 2.75) is 280 Å². The fourth-order valence-corrected chi connectivity index (χ4v) is 16.9. The summed E-state index contributed by atoms with van der Waals surface area (Å²) in [6.07, 6.45) is 25.4. The van der Waals surface area contributed by atoms with E-state index in [4.69, 9.17) is 37.3 Å². The van der Waals surface area contributed by atoms with Crippen LogP contribution in [-0.2, 0) is 42.4 Å². The maximum absolute atomic E-state index is 12.4. The highest BCUT2D eigenvalue weighted by atomic mass is 35.5. The molecule has 7 aliphatic heterocycles. The van der Waals surface area contributed by atoms with E-state index in [0.717, 1.165) is 162 Å². The first-order chi connectivity index (χ1) is 48.4. The summed E-state index contributed by atoms with van der Waals surface area (Å²) in [5, 5.41) is 52.3. The molecule has 20 nitrogen and oxygen atoms in total. The zero-order chi connectivity index (χ0) is 80.7. The van der Waals surface area contributed by atoms with Gasteiger partial charge in [0.1, 0.15) is 0 Å². The zero-order valence-electron chi connectivity index (χ0n) is 67.8. The Labute approximate surface area is 645 Å². The SMILES string of the molecule is C=C(C)C[C@]1(C)CCCN(O)C1=O.C=C(C)C[C@]1(C)CCCNC1=O.C=C(Cl)C[C@]1(C)CCCN(O)C1=O.C=C(Cl)C[C@]1(C)CCCNC1=O.C=CC[C@]1(CCC#N)CCCNC1=O.C=CC[C@]1(CCO[Si](C)(C)C(C)(C)C)CCCN(O)C1=O.C=CC[C@]1(CCO[Si](C)(C)C(C)(C)C)CCCNC1=O. The number of nitriles is 1. The molecule has 24 heteroatoms. The number of nitrogens with zero attached hydrogens (tertiary/aromatic N) is 4. The number of hydrogen-bond acceptors (Lipinski definition) is 13. The largest absolute Gasteiger partial charge is 0.417 e. The number of carbonyl (C=O) groups is 7. The van der Waals surface area contributed by atoms with Crippen molar-refractivity contribution in [1.82, 2.24) is 36.5 Å². The van der Waals surface area contributed by atoms with Crippen LogP contribution >= 0.6 is 23.2 Å². The van der Waals surface area contributed by atoms with Crippen molar-refractivity contribution in [3.8, 4) is 6.07 Å². The summed E-state index contributed by atoms with van der Waals surface area (Å²) in [7, 11) is -3.52. The first-order valence-electron chi connectivity index (χ1n) is 38.0. The number of carbonyl (C=O) groups excluding carboxylic acids is 7. The smallest absolute Gasteiger partial charge is 0.252 e. The second-order valence-electron chi connectivity index (χ2n) is 34.6. The second kappa shape index (κ2) is 43.8. The minimum absolute atomic E-state index is 0.0962. The lowest BCUT2D eigenvalue weighted by atomic mass is 9.74. The topological polar surface area (TPSA) is 280 Å². The van der Waals surface area contributed by atoms with Gasteiger partial charge in [-0.3, -0.25) is 49.2 Å². The molecule has 7 N–H and O–H groups in total. The molecule has 0 aromatic heterocycles. The molecule has 0 radical (unpaired) electrons. The molecule has 7 heterocycles. The number of amides is 7. The normalized spacial score (nSPS) is 27.0. The molecule has 0 saturated carbocycles. The third kappa shape index (κ3) is 31.0. The summed E-state index contributed by atoms with van der Waals surface area (Å²) >= 11 is 11.4. The van der Waals surface area contributed by atoms with E-state index in [1.165, 1.54) is 0 Å². The molecular formula is C81H140Cl2N8O12Si2. The van der Waals surface area contributed by atoms with Crippen LogP contribution in [0.2, 0.25) is 36.3 Å². The molecule has 7 amide bonds. The third-order valence-electron chi connectivity index (χ3n) is 22.7. The number of allylic oxidation sites excluding steroid dienone is 7. The fourth-order valence-electron chi connectivity index (χ4n) is 14.2. The Morgan fingerprint density at radius 1 is 0.476 bits per heavy atom. The van der Waals surface area contributed by atoms with Crippen LogP contribution in [-0.4, -0.2) is 148 Å². The van der Waals surface area contributed by atoms with Gasteiger partial charge in [0, 0.05) is 75.5 Å². The van der Waals surface area contributed by atoms with E-state index in [2.05, 4.69) is 141 Å². The number of hydroxylamine groups is 6. The molecule has 0 aromatic carbocycles. The average Bonchev–Trinajstić information content (AvgIpc) is 0.819. The van der Waals surface area contributed by atoms with Gasteiger partial charge < -0.3 is 30.1 Å². The van der Waals surface area contributed by atoms with Gasteiger partial charge in [0.2, 0.25) is 23.6 Å². The molecule has 0 aromatic rings. The lowest BCUT2D eigenvalue weighted by Crippen LogP contribution is -2.48. The monoisotopic (exact) mass is 1540 g/mol. The van der Waals surface area contributed by atoms with Gasteiger partial charge in [-0.05, 0) is 204 Å². The van der Waals surface area contributed by atoms with Gasteiger partial charge in [-0.2, -0.15) is 5.26 Å². The van der Waals surface area contributed by atoms with Crippen molar-refractivity contribution in [3.63, 3.8) is 0 Å². The van der Waals surface area contributed by atoms with Crippen molar-refractivity contribution in [1.29, 1.82) is 5.26 Å². The van der Waals surface area contributed by atoms with E-state index in [0.29, 0.717) is 94.3 Å². The highest BCUT2D eigenvalue weighted by Crippen LogP contribution is 2.44. The molecule has 7 fully saturated rings. The Morgan fingerprint density at radius 3 is 1.10 bits per heavy atom. The van der Waals surface area contributed by atoms with Crippen LogP contribution < -0.4 is 21.3 Å². The van der Waals surface area contributed by atoms with Gasteiger partial charge in [0.15, 0.2) is 16.6 Å². The summed E-state index contributed by atoms with van der Waals surface area (Å²) in [6.45, 7) is 65.7. The molecule has 7 rings (SSSR count). The number of halogens is 2. The van der Waals surface area contributed by atoms with E-state index >= 15 is 0 Å². The highest BCUT2D eigenvalue weighted by molar-refractivity contribution is 6.74. The number of rotatable bonds is 24. The van der Waals surface area contributed by atoms with Crippen LogP contribution in [0.15, 0.2) is 85.5 Å². The average molecular weight is 1550 g/mol. The van der Waals surface area contributed by atoms with Crippen molar-refractivity contribution >= 4 is 81.2 Å². The summed E-state index contributed by atoms with van der Waals surface area (Å²) in [5.74, 6) is -0.0107. The zero-order valence-corrected chi connectivity index (χ0v) is 71.3. The molecular weight excluding hydrogens is 1400 g/mol. The maximum Gasteiger partial charge on any atom is 0.252 e. The molecule has 7 saturated heterocycles. The van der Waals surface area contributed by atoms with Crippen LogP contribution in [0, 0.1) is 49.2 Å². The van der Waals surface area contributed by atoms with E-state index in [-0.39, 0.29) is 73.1 Å². The van der Waals surface area contributed by atoms with Crippen LogP contribution in [0.5, 0.6) is 0 Å². The van der Waals surface area contributed by atoms with E-state index < -0.39 is 32.9 Å². The standard InChI is InChI=1S/C16H31NO3Si.C16H31NO2Si.C11H16N2O.C10H17NO2.C10H17NO.C9H14ClNO2.C9H14ClNO/c1-7-9-16(10-8-12-17(19)14(16)18)11-13-20-21(5,6)15(2,3)4;1-7-9-16(10-8-12-17-14(16)18)11-13-19-20(5,6)15(2,3)4;1-2-5-11(6-3-8-12)7-4-9-13-10(11)14;1-8(2)7-10(3)5-4-6-11(13)9(10)12;1-8(2)7-10(3)5-4-6-11-9(10)12;1-7(10)6-9(2)4-3-5-11(13)8(9)12;1-7(10)6-9(2)4-3-5-11-8(9)12/h7,19H,1,8-13H2,2-6H3;7H,1,8-13H2,2-6H3,(H,17,18);2H,1,3-7,9H2,(H,13,14);13H,1,4-7H2,2-3H3;1,4-7H2,2-3H3,(H,11,12);13H,1,3-6H2,2H3;1,3-6H2,2H3,(H,11,12)/t2*16-;11-;2*10-;2*9-/m1100000/s1. The predicted octanol–water partition coefficient (Wildman–Crippen LogP) is 17.6. The fraction of sp³-hybridized carbons (Fsp3) is 0.728. The Bertz CT molecular complexity index is 2920. The molecule has 0 aliphatic carbocycles. The van der Waals surface area contributed by atoms with Crippen LogP contribution in [0.1, 0.15) is 244 Å². The second-order valence-corrected chi connectivity index (χ2v) is 45.3. The van der Waals surface area contributed by atoms with Crippen LogP contribution in [0.3, 0.4) is 0 Å². The van der Waals surface area contributed by atoms with E-state index in [1.807, 2.05) is 47.6 Å². The number of piperidine rings is 7. The minimum Gasteiger partial charge on any atom is -0.417 e. The molecule has 7 aliphatic rings. The van der Waals surface area contributed by atoms with Gasteiger partial charge in [0.05, 0.1) is 44.0 Å². The Hall–Kier alpha value is -5.23. The van der Waals surface area contributed by atoms with Crippen LogP contribution in [0.4, 0.5) is 0 Å². The van der Waals surface area contributed by atoms with Gasteiger partial charge in [0.25, 0.3) is 17.7 Å². The molecule has 0 bridgehead atoms. The summed E-state index contributed by atoms with van der Waals surface area (Å²) in [6, 6.07) is 2.10. The van der Waals surface area contributed by atoms with Crippen molar-refractivity contribution in [2.75, 3.05) is 59.0 Å². The quantitative estimate of drug-likeness (QED) is 0.0269. The maximum atomic E-state index is 12.4. The number of hydrogen-bond donors (Lipinski definition) is 7. The first-order valence-corrected chi connectivity index (χ1v) is 44.6. The summed E-state index contributed by atoms with van der Waals surface area (Å²) < 4.78 is 12.4. The lowest BCUT2D eigenvalue weighted by molar-refractivity contribution is -0.186. The Morgan fingerprint density at radius 2 is 0.762 bits per heavy atom. The molecule has 0 spiro atoms. The van der Waals surface area contributed by atoms with Gasteiger partial charge in [-0.25, -0.2) is 15.2 Å². The molecule has 105 heavy (non-hydrogen) atoms. The predicted molar refractivity (Wildman–Crippen MR) is 430 cm³/mol. The third-order valence-corrected chi connectivity index (χ3v) is 32.0. The van der Waals surface area contributed by atoms with Crippen LogP contribution in [0.25, 0.3) is 0 Å². The Balaban J connectivity index is 0.000000619. The summed E-state index contributed by atoms with van der Waals surface area (Å²) in [5.41, 5.74) is -0.596. The van der Waals surface area contributed by atoms with Gasteiger partial charge in [-0.15, -0.1) is 32.9 Å².